The lowest BCUT2D eigenvalue weighted by atomic mass is 10.3. The van der Waals surface area contributed by atoms with Gasteiger partial charge in [0, 0.05) is 26.1 Å². The van der Waals surface area contributed by atoms with Crippen LogP contribution in [0.1, 0.15) is 12.8 Å². The maximum absolute atomic E-state index is 11.0. The van der Waals surface area contributed by atoms with Gasteiger partial charge in [0.2, 0.25) is 5.91 Å². The molecule has 0 aliphatic carbocycles. The molecule has 0 aromatic heterocycles. The van der Waals surface area contributed by atoms with Gasteiger partial charge in [0.25, 0.3) is 0 Å². The summed E-state index contributed by atoms with van der Waals surface area (Å²) in [6, 6.07) is -0.347. The van der Waals surface area contributed by atoms with Crippen molar-refractivity contribution in [3.63, 3.8) is 0 Å². The lowest BCUT2D eigenvalue weighted by Crippen LogP contribution is -2.49. The Hall–Kier alpha value is -1.10. The van der Waals surface area contributed by atoms with Crippen LogP contribution in [0.5, 0.6) is 0 Å². The number of hydrogen-bond donors (Lipinski definition) is 2. The van der Waals surface area contributed by atoms with Gasteiger partial charge in [-0.3, -0.25) is 10.1 Å². The average molecular weight is 172 g/mol. The first-order valence-corrected chi connectivity index (χ1v) is 3.93. The van der Waals surface area contributed by atoms with Crippen LogP contribution in [-0.4, -0.2) is 41.6 Å². The third-order valence-corrected chi connectivity index (χ3v) is 1.73. The predicted octanol–water partition coefficient (Wildman–Crippen LogP) is -0.689. The minimum atomic E-state index is -0.347. The summed E-state index contributed by atoms with van der Waals surface area (Å²) in [6.07, 6.45) is 0.915. The van der Waals surface area contributed by atoms with Gasteiger partial charge in [-0.05, 0) is 6.42 Å². The number of rotatable bonds is 3. The Balaban J connectivity index is 2.35. The number of hydrogen-bond acceptors (Lipinski definition) is 3. The first-order chi connectivity index (χ1) is 5.74. The quantitative estimate of drug-likeness (QED) is 0.592. The number of aliphatic hydroxyl groups is 1. The molecular formula is C7H12N2O3. The minimum Gasteiger partial charge on any atom is -0.396 e. The molecule has 5 heteroatoms. The Kier molecular flexibility index (Phi) is 3.04. The molecule has 1 fully saturated rings. The molecule has 68 valence electrons. The minimum absolute atomic E-state index is 0.0672. The molecule has 1 heterocycles. The molecule has 0 unspecified atom stereocenters. The van der Waals surface area contributed by atoms with Gasteiger partial charge in [-0.25, -0.2) is 4.79 Å². The van der Waals surface area contributed by atoms with E-state index in [4.69, 9.17) is 5.11 Å². The number of nitrogens with zero attached hydrogens (tertiary/aromatic N) is 1. The Morgan fingerprint density at radius 1 is 1.50 bits per heavy atom. The maximum atomic E-state index is 11.0. The molecule has 0 aromatic rings. The summed E-state index contributed by atoms with van der Waals surface area (Å²) in [5.74, 6) is -0.222. The normalized spacial score (nSPS) is 17.9. The van der Waals surface area contributed by atoms with Crippen molar-refractivity contribution in [3.05, 3.63) is 0 Å². The van der Waals surface area contributed by atoms with E-state index in [-0.39, 0.29) is 18.5 Å². The highest BCUT2D eigenvalue weighted by Gasteiger charge is 2.21. The van der Waals surface area contributed by atoms with E-state index in [9.17, 15) is 9.59 Å². The van der Waals surface area contributed by atoms with E-state index in [0.717, 1.165) is 0 Å². The number of carbonyl (C=O) groups excluding carboxylic acids is 2. The van der Waals surface area contributed by atoms with E-state index in [0.29, 0.717) is 25.9 Å². The van der Waals surface area contributed by atoms with Crippen LogP contribution in [0.2, 0.25) is 0 Å². The molecular weight excluding hydrogens is 160 g/mol. The second-order valence-corrected chi connectivity index (χ2v) is 2.67. The molecule has 0 spiro atoms. The van der Waals surface area contributed by atoms with Crippen LogP contribution in [-0.2, 0) is 4.79 Å². The van der Waals surface area contributed by atoms with Crippen molar-refractivity contribution >= 4 is 11.9 Å². The van der Waals surface area contributed by atoms with E-state index in [1.54, 1.807) is 0 Å². The van der Waals surface area contributed by atoms with Crippen LogP contribution >= 0.6 is 0 Å². The smallest absolute Gasteiger partial charge is 0.324 e. The molecule has 1 saturated heterocycles. The van der Waals surface area contributed by atoms with E-state index in [1.165, 1.54) is 4.90 Å². The first-order valence-electron chi connectivity index (χ1n) is 3.93. The summed E-state index contributed by atoms with van der Waals surface area (Å²) < 4.78 is 0. The van der Waals surface area contributed by atoms with Gasteiger partial charge in [0.1, 0.15) is 0 Å². The number of aliphatic hydroxyl groups excluding tert-OH is 1. The molecule has 0 saturated carbocycles. The van der Waals surface area contributed by atoms with E-state index >= 15 is 0 Å². The van der Waals surface area contributed by atoms with Gasteiger partial charge >= 0.3 is 6.03 Å². The zero-order valence-electron chi connectivity index (χ0n) is 6.75. The maximum Gasteiger partial charge on any atom is 0.324 e. The average Bonchev–Trinajstić information content (AvgIpc) is 2.03. The standard InChI is InChI=1S/C7H12N2O3/c10-5-1-3-9-4-2-6(11)8-7(9)12/h10H,1-5H2,(H,8,11,12). The first kappa shape index (κ1) is 8.99. The Morgan fingerprint density at radius 3 is 2.83 bits per heavy atom. The second-order valence-electron chi connectivity index (χ2n) is 2.67. The van der Waals surface area contributed by atoms with Crippen molar-refractivity contribution in [1.29, 1.82) is 0 Å². The molecule has 0 aromatic carbocycles. The van der Waals surface area contributed by atoms with Gasteiger partial charge in [0.05, 0.1) is 0 Å². The van der Waals surface area contributed by atoms with Gasteiger partial charge in [-0.2, -0.15) is 0 Å². The van der Waals surface area contributed by atoms with Gasteiger partial charge in [-0.1, -0.05) is 0 Å². The molecule has 2 N–H and O–H groups in total. The van der Waals surface area contributed by atoms with E-state index in [1.807, 2.05) is 0 Å². The van der Waals surface area contributed by atoms with Crippen LogP contribution < -0.4 is 5.32 Å². The lowest BCUT2D eigenvalue weighted by Gasteiger charge is -2.25. The van der Waals surface area contributed by atoms with Crippen molar-refractivity contribution in [1.82, 2.24) is 10.2 Å². The largest absolute Gasteiger partial charge is 0.396 e. The van der Waals surface area contributed by atoms with E-state index < -0.39 is 0 Å². The van der Waals surface area contributed by atoms with Crippen molar-refractivity contribution in [3.8, 4) is 0 Å². The second kappa shape index (κ2) is 4.06. The fraction of sp³-hybridized carbons (Fsp3) is 0.714. The molecule has 1 rings (SSSR count). The van der Waals surface area contributed by atoms with Crippen LogP contribution in [0.25, 0.3) is 0 Å². The number of carbonyl (C=O) groups is 2. The summed E-state index contributed by atoms with van der Waals surface area (Å²) in [6.45, 7) is 1.04. The van der Waals surface area contributed by atoms with Crippen molar-refractivity contribution < 1.29 is 14.7 Å². The van der Waals surface area contributed by atoms with Crippen molar-refractivity contribution in [2.45, 2.75) is 12.8 Å². The van der Waals surface area contributed by atoms with E-state index in [2.05, 4.69) is 5.32 Å². The number of urea groups is 1. The highest BCUT2D eigenvalue weighted by atomic mass is 16.3. The highest BCUT2D eigenvalue weighted by molar-refractivity contribution is 5.96. The number of nitrogens with one attached hydrogen (secondary N) is 1. The summed E-state index contributed by atoms with van der Waals surface area (Å²) in [5.41, 5.74) is 0. The molecule has 0 radical (unpaired) electrons. The summed E-state index contributed by atoms with van der Waals surface area (Å²) in [5, 5.41) is 10.7. The number of amides is 3. The fourth-order valence-corrected chi connectivity index (χ4v) is 1.07. The van der Waals surface area contributed by atoms with Crippen LogP contribution in [0.15, 0.2) is 0 Å². The lowest BCUT2D eigenvalue weighted by molar-refractivity contribution is -0.121. The van der Waals surface area contributed by atoms with Gasteiger partial charge < -0.3 is 10.0 Å². The van der Waals surface area contributed by atoms with Crippen molar-refractivity contribution in [2.24, 2.45) is 0 Å². The number of imide groups is 1. The SMILES string of the molecule is O=C1CCN(CCCO)C(=O)N1. The fourth-order valence-electron chi connectivity index (χ4n) is 1.07. The third kappa shape index (κ3) is 2.20. The Bertz CT molecular complexity index is 193. The summed E-state index contributed by atoms with van der Waals surface area (Å²) in [4.78, 5) is 23.2. The van der Waals surface area contributed by atoms with Crippen LogP contribution in [0.3, 0.4) is 0 Å². The Labute approximate surface area is 70.4 Å². The Morgan fingerprint density at radius 2 is 2.25 bits per heavy atom. The summed E-state index contributed by atoms with van der Waals surface area (Å²) in [7, 11) is 0. The highest BCUT2D eigenvalue weighted by Crippen LogP contribution is 2.00. The molecule has 0 atom stereocenters. The zero-order valence-corrected chi connectivity index (χ0v) is 6.75. The molecule has 1 aliphatic heterocycles. The topological polar surface area (TPSA) is 69.6 Å². The van der Waals surface area contributed by atoms with Crippen molar-refractivity contribution in [2.75, 3.05) is 19.7 Å². The predicted molar refractivity (Wildman–Crippen MR) is 41.4 cm³/mol. The van der Waals surface area contributed by atoms with Crippen LogP contribution in [0, 0.1) is 0 Å². The molecule has 1 aliphatic rings. The molecule has 12 heavy (non-hydrogen) atoms. The summed E-state index contributed by atoms with van der Waals surface area (Å²) >= 11 is 0. The molecule has 0 bridgehead atoms. The molecule has 3 amide bonds. The third-order valence-electron chi connectivity index (χ3n) is 1.73. The monoisotopic (exact) mass is 172 g/mol. The van der Waals surface area contributed by atoms with Gasteiger partial charge in [-0.15, -0.1) is 0 Å². The molecule has 5 nitrogen and oxygen atoms in total. The zero-order chi connectivity index (χ0) is 8.97. The van der Waals surface area contributed by atoms with Crippen LogP contribution in [0.4, 0.5) is 4.79 Å². The van der Waals surface area contributed by atoms with Gasteiger partial charge in [0.15, 0.2) is 0 Å².